The fourth-order valence-electron chi connectivity index (χ4n) is 2.63. The molecule has 1 rings (SSSR count). The van der Waals surface area contributed by atoms with E-state index in [0.29, 0.717) is 24.0 Å². The molecule has 1 atom stereocenters. The topological polar surface area (TPSA) is 83.5 Å². The molecule has 118 valence electrons. The lowest BCUT2D eigenvalue weighted by molar-refractivity contribution is -0.137. The van der Waals surface area contributed by atoms with Crippen LogP contribution in [0.2, 0.25) is 0 Å². The Hall–Kier alpha value is -1.40. The van der Waals surface area contributed by atoms with Crippen LogP contribution in [0.1, 0.15) is 42.9 Å². The maximum Gasteiger partial charge on any atom is 0.304 e. The van der Waals surface area contributed by atoms with Crippen LogP contribution in [0.15, 0.2) is 17.0 Å². The van der Waals surface area contributed by atoms with Crippen LogP contribution in [-0.2, 0) is 14.8 Å². The molecule has 0 saturated heterocycles. The van der Waals surface area contributed by atoms with E-state index in [1.807, 2.05) is 26.0 Å². The van der Waals surface area contributed by atoms with Crippen LogP contribution in [0.3, 0.4) is 0 Å². The molecule has 2 N–H and O–H groups in total. The molecule has 0 heterocycles. The van der Waals surface area contributed by atoms with Crippen molar-refractivity contribution in [3.63, 3.8) is 0 Å². The van der Waals surface area contributed by atoms with Gasteiger partial charge in [-0.15, -0.1) is 0 Å². The normalized spacial score (nSPS) is 13.1. The van der Waals surface area contributed by atoms with Crippen molar-refractivity contribution in [3.05, 3.63) is 28.8 Å². The van der Waals surface area contributed by atoms with Crippen molar-refractivity contribution in [3.8, 4) is 0 Å². The summed E-state index contributed by atoms with van der Waals surface area (Å²) in [6.07, 6.45) is 0.999. The molecule has 0 aliphatic carbocycles. The van der Waals surface area contributed by atoms with Crippen LogP contribution < -0.4 is 4.72 Å². The van der Waals surface area contributed by atoms with Gasteiger partial charge in [0, 0.05) is 6.04 Å². The predicted octanol–water partition coefficient (Wildman–Crippen LogP) is 2.53. The molecule has 6 heteroatoms. The van der Waals surface area contributed by atoms with Gasteiger partial charge in [-0.3, -0.25) is 4.79 Å². The molecular formula is C15H23NO4S. The monoisotopic (exact) mass is 313 g/mol. The number of hydrogen-bond acceptors (Lipinski definition) is 3. The lowest BCUT2D eigenvalue weighted by Crippen LogP contribution is -2.37. The summed E-state index contributed by atoms with van der Waals surface area (Å²) in [5.41, 5.74) is 2.34. The highest BCUT2D eigenvalue weighted by Gasteiger charge is 2.24. The van der Waals surface area contributed by atoms with E-state index in [-0.39, 0.29) is 11.3 Å². The molecule has 0 aromatic heterocycles. The quantitative estimate of drug-likeness (QED) is 0.810. The largest absolute Gasteiger partial charge is 0.481 e. The zero-order valence-corrected chi connectivity index (χ0v) is 13.8. The number of carboxylic acid groups (broad SMARTS) is 1. The van der Waals surface area contributed by atoms with Crippen molar-refractivity contribution in [2.75, 3.05) is 0 Å². The lowest BCUT2D eigenvalue weighted by atomic mass is 10.1. The van der Waals surface area contributed by atoms with Crippen molar-refractivity contribution in [2.45, 2.75) is 57.9 Å². The molecule has 1 aromatic rings. The van der Waals surface area contributed by atoms with Gasteiger partial charge in [-0.05, 0) is 38.3 Å². The average molecular weight is 313 g/mol. The summed E-state index contributed by atoms with van der Waals surface area (Å²) in [5, 5.41) is 8.89. The highest BCUT2D eigenvalue weighted by Crippen LogP contribution is 2.22. The summed E-state index contributed by atoms with van der Waals surface area (Å²) in [6.45, 7) is 7.31. The van der Waals surface area contributed by atoms with E-state index in [2.05, 4.69) is 4.72 Å². The van der Waals surface area contributed by atoms with Crippen molar-refractivity contribution in [1.29, 1.82) is 0 Å². The third kappa shape index (κ3) is 4.82. The van der Waals surface area contributed by atoms with Gasteiger partial charge in [0.25, 0.3) is 0 Å². The van der Waals surface area contributed by atoms with Gasteiger partial charge in [-0.1, -0.05) is 31.0 Å². The number of carboxylic acids is 1. The molecule has 0 bridgehead atoms. The average Bonchev–Trinajstić information content (AvgIpc) is 2.24. The zero-order chi connectivity index (χ0) is 16.2. The van der Waals surface area contributed by atoms with Crippen molar-refractivity contribution >= 4 is 16.0 Å². The van der Waals surface area contributed by atoms with E-state index < -0.39 is 22.0 Å². The van der Waals surface area contributed by atoms with Crippen LogP contribution in [0.4, 0.5) is 0 Å². The number of rotatable bonds is 7. The molecule has 0 spiro atoms. The maximum atomic E-state index is 12.5. The highest BCUT2D eigenvalue weighted by molar-refractivity contribution is 7.89. The van der Waals surface area contributed by atoms with Crippen LogP contribution in [0.25, 0.3) is 0 Å². The third-order valence-corrected chi connectivity index (χ3v) is 5.08. The fraction of sp³-hybridized carbons (Fsp3) is 0.533. The SMILES string of the molecule is CCCC(CC(=O)O)NS(=O)(=O)c1c(C)cc(C)cc1C. The van der Waals surface area contributed by atoms with Gasteiger partial charge in [-0.2, -0.15) is 0 Å². The predicted molar refractivity (Wildman–Crippen MR) is 81.9 cm³/mol. The molecular weight excluding hydrogens is 290 g/mol. The first-order chi connectivity index (χ1) is 9.67. The second-order valence-corrected chi connectivity index (χ2v) is 7.08. The lowest BCUT2D eigenvalue weighted by Gasteiger charge is -2.19. The first-order valence-corrected chi connectivity index (χ1v) is 8.47. The second kappa shape index (κ2) is 7.04. The van der Waals surface area contributed by atoms with Gasteiger partial charge < -0.3 is 5.11 Å². The minimum Gasteiger partial charge on any atom is -0.481 e. The number of aliphatic carboxylic acids is 1. The Bertz CT molecular complexity index is 600. The Balaban J connectivity index is 3.13. The first-order valence-electron chi connectivity index (χ1n) is 6.99. The molecule has 21 heavy (non-hydrogen) atoms. The Morgan fingerprint density at radius 1 is 1.24 bits per heavy atom. The number of sulfonamides is 1. The summed E-state index contributed by atoms with van der Waals surface area (Å²) in [5.74, 6) is -1.01. The minimum atomic E-state index is -3.72. The molecule has 1 unspecified atom stereocenters. The number of carbonyl (C=O) groups is 1. The van der Waals surface area contributed by atoms with Gasteiger partial charge >= 0.3 is 5.97 Å². The molecule has 0 aliphatic rings. The highest BCUT2D eigenvalue weighted by atomic mass is 32.2. The number of hydrogen-bond donors (Lipinski definition) is 2. The van der Waals surface area contributed by atoms with E-state index >= 15 is 0 Å². The molecule has 0 amide bonds. The Morgan fingerprint density at radius 2 is 1.76 bits per heavy atom. The Labute approximate surface area is 126 Å². The molecule has 1 aromatic carbocycles. The second-order valence-electron chi connectivity index (χ2n) is 5.43. The molecule has 0 aliphatic heterocycles. The van der Waals surface area contributed by atoms with E-state index in [1.165, 1.54) is 0 Å². The van der Waals surface area contributed by atoms with E-state index in [4.69, 9.17) is 5.11 Å². The van der Waals surface area contributed by atoms with Crippen LogP contribution in [-0.4, -0.2) is 25.5 Å². The smallest absolute Gasteiger partial charge is 0.304 e. The van der Waals surface area contributed by atoms with Gasteiger partial charge in [-0.25, -0.2) is 13.1 Å². The Morgan fingerprint density at radius 3 is 2.19 bits per heavy atom. The molecule has 5 nitrogen and oxygen atoms in total. The summed E-state index contributed by atoms with van der Waals surface area (Å²) < 4.78 is 27.6. The van der Waals surface area contributed by atoms with Crippen LogP contribution >= 0.6 is 0 Å². The maximum absolute atomic E-state index is 12.5. The molecule has 0 saturated carbocycles. The van der Waals surface area contributed by atoms with E-state index in [1.54, 1.807) is 13.8 Å². The third-order valence-electron chi connectivity index (χ3n) is 3.25. The van der Waals surface area contributed by atoms with E-state index in [0.717, 1.165) is 5.56 Å². The number of nitrogens with one attached hydrogen (secondary N) is 1. The number of aryl methyl sites for hydroxylation is 3. The first kappa shape index (κ1) is 17.7. The summed E-state index contributed by atoms with van der Waals surface area (Å²) in [7, 11) is -3.72. The number of benzene rings is 1. The van der Waals surface area contributed by atoms with Crippen molar-refractivity contribution in [2.24, 2.45) is 0 Å². The van der Waals surface area contributed by atoms with Crippen LogP contribution in [0.5, 0.6) is 0 Å². The molecule has 0 radical (unpaired) electrons. The van der Waals surface area contributed by atoms with Gasteiger partial charge in [0.2, 0.25) is 10.0 Å². The summed E-state index contributed by atoms with van der Waals surface area (Å²) in [4.78, 5) is 11.1. The standard InChI is InChI=1S/C15H23NO4S/c1-5-6-13(9-14(17)18)16-21(19,20)15-11(3)7-10(2)8-12(15)4/h7-8,13,16H,5-6,9H2,1-4H3,(H,17,18). The van der Waals surface area contributed by atoms with Gasteiger partial charge in [0.1, 0.15) is 0 Å². The molecule has 0 fully saturated rings. The summed E-state index contributed by atoms with van der Waals surface area (Å²) in [6, 6.07) is 3.04. The van der Waals surface area contributed by atoms with Gasteiger partial charge in [0.15, 0.2) is 0 Å². The van der Waals surface area contributed by atoms with Crippen LogP contribution in [0, 0.1) is 20.8 Å². The van der Waals surface area contributed by atoms with Gasteiger partial charge in [0.05, 0.1) is 11.3 Å². The minimum absolute atomic E-state index is 0.211. The zero-order valence-electron chi connectivity index (χ0n) is 12.9. The summed E-state index contributed by atoms with van der Waals surface area (Å²) >= 11 is 0. The fourth-order valence-corrected chi connectivity index (χ4v) is 4.35. The van der Waals surface area contributed by atoms with Crippen molar-refractivity contribution < 1.29 is 18.3 Å². The van der Waals surface area contributed by atoms with Crippen molar-refractivity contribution in [1.82, 2.24) is 4.72 Å². The van der Waals surface area contributed by atoms with E-state index in [9.17, 15) is 13.2 Å². The Kier molecular flexibility index (Phi) is 5.92.